The number of aldehydes is 1. The van der Waals surface area contributed by atoms with Gasteiger partial charge in [-0.3, -0.25) is 9.59 Å². The van der Waals surface area contributed by atoms with Gasteiger partial charge in [-0.25, -0.2) is 4.98 Å². The number of anilines is 1. The van der Waals surface area contributed by atoms with E-state index in [1.165, 1.54) is 0 Å². The first-order valence-electron chi connectivity index (χ1n) is 3.41. The van der Waals surface area contributed by atoms with Gasteiger partial charge in [0, 0.05) is 6.20 Å². The largest absolute Gasteiger partial charge is 0.304 e. The Morgan fingerprint density at radius 1 is 1.58 bits per heavy atom. The highest BCUT2D eigenvalue weighted by molar-refractivity contribution is 6.29. The maximum atomic E-state index is 10.5. The molecule has 0 aromatic carbocycles. The Labute approximate surface area is 69.6 Å². The Hall–Kier alpha value is -1.71. The molecule has 0 fully saturated rings. The maximum absolute atomic E-state index is 10.5. The average Bonchev–Trinajstić information content (AvgIpc) is 2.09. The number of nitrogens with one attached hydrogen (secondary N) is 1. The van der Waals surface area contributed by atoms with Crippen molar-refractivity contribution in [2.75, 3.05) is 5.32 Å². The molecule has 0 atom stereocenters. The molecule has 1 N–H and O–H groups in total. The van der Waals surface area contributed by atoms with Crippen LogP contribution in [0.15, 0.2) is 18.3 Å². The summed E-state index contributed by atoms with van der Waals surface area (Å²) in [5, 5.41) is 2.30. The smallest absolute Gasteiger partial charge is 0.289 e. The number of amides is 1. The molecule has 0 radical (unpaired) electrons. The highest BCUT2D eigenvalue weighted by Crippen LogP contribution is 2.02. The number of carbonyl (C=O) groups is 2. The van der Waals surface area contributed by atoms with Crippen molar-refractivity contribution in [2.45, 2.75) is 6.92 Å². The summed E-state index contributed by atoms with van der Waals surface area (Å²) in [7, 11) is 0. The van der Waals surface area contributed by atoms with Crippen LogP contribution >= 0.6 is 0 Å². The Balaban J connectivity index is 2.71. The molecule has 1 aromatic rings. The van der Waals surface area contributed by atoms with Crippen molar-refractivity contribution in [3.63, 3.8) is 0 Å². The average molecular weight is 164 g/mol. The molecule has 0 saturated heterocycles. The van der Waals surface area contributed by atoms with Crippen LogP contribution in [0.2, 0.25) is 0 Å². The number of rotatable bonds is 2. The normalized spacial score (nSPS) is 9.08. The lowest BCUT2D eigenvalue weighted by molar-refractivity contribution is -0.127. The van der Waals surface area contributed by atoms with Crippen LogP contribution in [-0.4, -0.2) is 17.2 Å². The number of carbonyl (C=O) groups excluding carboxylic acids is 2. The lowest BCUT2D eigenvalue weighted by Gasteiger charge is -1.98. The highest BCUT2D eigenvalue weighted by Gasteiger charge is 1.98. The number of hydrogen-bond acceptors (Lipinski definition) is 3. The van der Waals surface area contributed by atoms with Crippen molar-refractivity contribution < 1.29 is 9.59 Å². The Morgan fingerprint density at radius 3 is 2.83 bits per heavy atom. The summed E-state index contributed by atoms with van der Waals surface area (Å²) in [5.74, 6) is -0.302. The van der Waals surface area contributed by atoms with Gasteiger partial charge in [0.1, 0.15) is 5.82 Å². The van der Waals surface area contributed by atoms with Crippen molar-refractivity contribution in [1.29, 1.82) is 0 Å². The van der Waals surface area contributed by atoms with Gasteiger partial charge in [0.2, 0.25) is 6.29 Å². The minimum absolute atomic E-state index is 0.210. The quantitative estimate of drug-likeness (QED) is 0.512. The summed E-state index contributed by atoms with van der Waals surface area (Å²) >= 11 is 0. The van der Waals surface area contributed by atoms with Gasteiger partial charge >= 0.3 is 0 Å². The summed E-state index contributed by atoms with van der Waals surface area (Å²) < 4.78 is 0. The van der Waals surface area contributed by atoms with Gasteiger partial charge in [0.25, 0.3) is 5.91 Å². The molecule has 4 nitrogen and oxygen atoms in total. The topological polar surface area (TPSA) is 59.1 Å². The summed E-state index contributed by atoms with van der Waals surface area (Å²) in [4.78, 5) is 24.4. The zero-order valence-corrected chi connectivity index (χ0v) is 6.57. The lowest BCUT2D eigenvalue weighted by Crippen LogP contribution is -2.13. The molecular formula is C8H8N2O2. The second kappa shape index (κ2) is 3.61. The molecule has 0 aliphatic heterocycles. The fourth-order valence-electron chi connectivity index (χ4n) is 0.697. The summed E-state index contributed by atoms with van der Waals surface area (Å²) in [6.45, 7) is 1.89. The second-order valence-corrected chi connectivity index (χ2v) is 2.33. The Morgan fingerprint density at radius 2 is 2.33 bits per heavy atom. The highest BCUT2D eigenvalue weighted by atomic mass is 16.2. The molecule has 1 aromatic heterocycles. The molecule has 0 spiro atoms. The van der Waals surface area contributed by atoms with Crippen molar-refractivity contribution in [3.8, 4) is 0 Å². The van der Waals surface area contributed by atoms with E-state index in [4.69, 9.17) is 0 Å². The van der Waals surface area contributed by atoms with E-state index in [1.54, 1.807) is 18.3 Å². The molecule has 0 unspecified atom stereocenters. The SMILES string of the molecule is Cc1ccc(NC(=O)C=O)nc1. The predicted molar refractivity (Wildman–Crippen MR) is 43.7 cm³/mol. The van der Waals surface area contributed by atoms with Gasteiger partial charge in [0.05, 0.1) is 0 Å². The van der Waals surface area contributed by atoms with Gasteiger partial charge in [-0.05, 0) is 18.6 Å². The molecule has 1 heterocycles. The van der Waals surface area contributed by atoms with Crippen LogP contribution in [0.4, 0.5) is 5.82 Å². The monoisotopic (exact) mass is 164 g/mol. The summed E-state index contributed by atoms with van der Waals surface area (Å²) in [6, 6.07) is 3.43. The maximum Gasteiger partial charge on any atom is 0.289 e. The first-order valence-corrected chi connectivity index (χ1v) is 3.41. The van der Waals surface area contributed by atoms with Crippen LogP contribution in [0.3, 0.4) is 0 Å². The van der Waals surface area contributed by atoms with Gasteiger partial charge in [-0.2, -0.15) is 0 Å². The molecule has 1 amide bonds. The van der Waals surface area contributed by atoms with E-state index in [-0.39, 0.29) is 6.29 Å². The van der Waals surface area contributed by atoms with E-state index in [0.29, 0.717) is 5.82 Å². The fraction of sp³-hybridized carbons (Fsp3) is 0.125. The first kappa shape index (κ1) is 8.39. The third kappa shape index (κ3) is 2.16. The van der Waals surface area contributed by atoms with E-state index >= 15 is 0 Å². The van der Waals surface area contributed by atoms with Crippen molar-refractivity contribution >= 4 is 18.0 Å². The molecule has 1 rings (SSSR count). The standard InChI is InChI=1S/C8H8N2O2/c1-6-2-3-7(9-4-6)10-8(12)5-11/h2-5H,1H3,(H,9,10,12). The number of pyridine rings is 1. The van der Waals surface area contributed by atoms with Crippen molar-refractivity contribution in [3.05, 3.63) is 23.9 Å². The first-order chi connectivity index (χ1) is 5.72. The molecule has 4 heteroatoms. The van der Waals surface area contributed by atoms with E-state index < -0.39 is 5.91 Å². The number of aryl methyl sites for hydroxylation is 1. The van der Waals surface area contributed by atoms with Crippen LogP contribution in [0.1, 0.15) is 5.56 Å². The van der Waals surface area contributed by atoms with Gasteiger partial charge in [-0.1, -0.05) is 6.07 Å². The van der Waals surface area contributed by atoms with Crippen molar-refractivity contribution in [2.24, 2.45) is 0 Å². The molecule has 0 saturated carbocycles. The lowest BCUT2D eigenvalue weighted by atomic mass is 10.3. The molecular weight excluding hydrogens is 156 g/mol. The van der Waals surface area contributed by atoms with E-state index in [2.05, 4.69) is 10.3 Å². The number of hydrogen-bond donors (Lipinski definition) is 1. The molecule has 62 valence electrons. The summed E-state index contributed by atoms with van der Waals surface area (Å²) in [6.07, 6.45) is 1.82. The Bertz CT molecular complexity index is 292. The number of aromatic nitrogens is 1. The Kier molecular flexibility index (Phi) is 2.53. The van der Waals surface area contributed by atoms with Crippen LogP contribution in [0.25, 0.3) is 0 Å². The van der Waals surface area contributed by atoms with Gasteiger partial charge in [-0.15, -0.1) is 0 Å². The third-order valence-electron chi connectivity index (χ3n) is 1.27. The fourth-order valence-corrected chi connectivity index (χ4v) is 0.697. The van der Waals surface area contributed by atoms with E-state index in [0.717, 1.165) is 5.56 Å². The van der Waals surface area contributed by atoms with Crippen molar-refractivity contribution in [1.82, 2.24) is 4.98 Å². The second-order valence-electron chi connectivity index (χ2n) is 2.33. The van der Waals surface area contributed by atoms with Gasteiger partial charge < -0.3 is 5.32 Å². The zero-order chi connectivity index (χ0) is 8.97. The third-order valence-corrected chi connectivity index (χ3v) is 1.27. The van der Waals surface area contributed by atoms with Crippen LogP contribution in [-0.2, 0) is 9.59 Å². The van der Waals surface area contributed by atoms with Gasteiger partial charge in [0.15, 0.2) is 0 Å². The molecule has 0 aliphatic rings. The minimum Gasteiger partial charge on any atom is -0.304 e. The van der Waals surface area contributed by atoms with E-state index in [1.807, 2.05) is 6.92 Å². The molecule has 12 heavy (non-hydrogen) atoms. The predicted octanol–water partition coefficient (Wildman–Crippen LogP) is 0.527. The van der Waals surface area contributed by atoms with Crippen LogP contribution < -0.4 is 5.32 Å². The minimum atomic E-state index is -0.689. The number of nitrogens with zero attached hydrogens (tertiary/aromatic N) is 1. The van der Waals surface area contributed by atoms with Crippen LogP contribution in [0, 0.1) is 6.92 Å². The van der Waals surface area contributed by atoms with Crippen LogP contribution in [0.5, 0.6) is 0 Å². The summed E-state index contributed by atoms with van der Waals surface area (Å²) in [5.41, 5.74) is 0.999. The van der Waals surface area contributed by atoms with E-state index in [9.17, 15) is 9.59 Å². The zero-order valence-electron chi connectivity index (χ0n) is 6.57. The molecule has 0 bridgehead atoms. The molecule has 0 aliphatic carbocycles.